The predicted octanol–water partition coefficient (Wildman–Crippen LogP) is 5.07. The molecule has 158 valence electrons. The number of amides is 1. The van der Waals surface area contributed by atoms with Gasteiger partial charge in [0.05, 0.1) is 17.1 Å². The van der Waals surface area contributed by atoms with Crippen LogP contribution in [-0.2, 0) is 11.2 Å². The van der Waals surface area contributed by atoms with Crippen molar-refractivity contribution in [2.24, 2.45) is 0 Å². The lowest BCUT2D eigenvalue weighted by atomic mass is 10.1. The lowest BCUT2D eigenvalue weighted by Crippen LogP contribution is -2.31. The number of hydrogen-bond acceptors (Lipinski definition) is 3. The van der Waals surface area contributed by atoms with Crippen LogP contribution in [0.2, 0.25) is 0 Å². The van der Waals surface area contributed by atoms with E-state index < -0.39 is 6.36 Å². The van der Waals surface area contributed by atoms with Gasteiger partial charge >= 0.3 is 6.36 Å². The number of rotatable bonds is 5. The summed E-state index contributed by atoms with van der Waals surface area (Å²) < 4.78 is 40.6. The van der Waals surface area contributed by atoms with Crippen molar-refractivity contribution in [2.75, 3.05) is 6.54 Å². The fraction of sp³-hybridized carbons (Fsp3) is 0.364. The van der Waals surface area contributed by atoms with Gasteiger partial charge < -0.3 is 14.6 Å². The van der Waals surface area contributed by atoms with Crippen LogP contribution in [0.4, 0.5) is 13.2 Å². The monoisotopic (exact) mass is 417 g/mol. The molecule has 1 atom stereocenters. The van der Waals surface area contributed by atoms with E-state index in [9.17, 15) is 18.0 Å². The third-order valence-electron chi connectivity index (χ3n) is 5.33. The number of ether oxygens (including phenoxy) is 1. The number of imidazole rings is 1. The summed E-state index contributed by atoms with van der Waals surface area (Å²) in [5.41, 5.74) is 3.78. The summed E-state index contributed by atoms with van der Waals surface area (Å²) in [5, 5.41) is 0. The Morgan fingerprint density at radius 1 is 1.23 bits per heavy atom. The molecule has 0 saturated carbocycles. The molecule has 4 rings (SSSR count). The summed E-state index contributed by atoms with van der Waals surface area (Å²) in [6, 6.07) is 11.6. The van der Waals surface area contributed by atoms with Crippen molar-refractivity contribution in [1.82, 2.24) is 14.9 Å². The first-order valence-corrected chi connectivity index (χ1v) is 9.89. The highest BCUT2D eigenvalue weighted by Crippen LogP contribution is 2.32. The summed E-state index contributed by atoms with van der Waals surface area (Å²) in [6.45, 7) is 2.70. The van der Waals surface area contributed by atoms with E-state index in [-0.39, 0.29) is 24.1 Å². The van der Waals surface area contributed by atoms with Crippen LogP contribution in [0.25, 0.3) is 11.0 Å². The molecule has 0 spiro atoms. The number of carbonyl (C=O) groups excluding carboxylic acids is 1. The molecule has 1 N–H and O–H groups in total. The van der Waals surface area contributed by atoms with Crippen molar-refractivity contribution >= 4 is 16.9 Å². The van der Waals surface area contributed by atoms with Gasteiger partial charge in [-0.25, -0.2) is 4.98 Å². The highest BCUT2D eigenvalue weighted by molar-refractivity contribution is 5.78. The van der Waals surface area contributed by atoms with Crippen LogP contribution in [0, 0.1) is 6.92 Å². The lowest BCUT2D eigenvalue weighted by Gasteiger charge is -2.23. The number of benzene rings is 2. The molecule has 0 bridgehead atoms. The molecule has 8 heteroatoms. The summed E-state index contributed by atoms with van der Waals surface area (Å²) in [7, 11) is 0. The van der Waals surface area contributed by atoms with E-state index in [1.54, 1.807) is 12.1 Å². The number of alkyl halides is 3. The van der Waals surface area contributed by atoms with E-state index in [0.29, 0.717) is 13.0 Å². The van der Waals surface area contributed by atoms with Crippen molar-refractivity contribution < 1.29 is 22.7 Å². The summed E-state index contributed by atoms with van der Waals surface area (Å²) in [4.78, 5) is 22.7. The molecule has 2 heterocycles. The quantitative estimate of drug-likeness (QED) is 0.631. The zero-order valence-corrected chi connectivity index (χ0v) is 16.5. The van der Waals surface area contributed by atoms with Gasteiger partial charge in [-0.1, -0.05) is 18.2 Å². The van der Waals surface area contributed by atoms with Gasteiger partial charge in [0.1, 0.15) is 11.6 Å². The Bertz CT molecular complexity index is 1040. The number of nitrogens with one attached hydrogen (secondary N) is 1. The SMILES string of the molecule is Cc1ccc2nc(C3CCCN3C(=O)CCc3ccc(OC(F)(F)F)cc3)[nH]c2c1. The first-order valence-electron chi connectivity index (χ1n) is 9.89. The second kappa shape index (κ2) is 8.01. The third kappa shape index (κ3) is 4.58. The predicted molar refractivity (Wildman–Crippen MR) is 106 cm³/mol. The number of halogens is 3. The number of hydrogen-bond donors (Lipinski definition) is 1. The Kier molecular flexibility index (Phi) is 5.40. The van der Waals surface area contributed by atoms with Crippen molar-refractivity contribution in [3.8, 4) is 5.75 Å². The Morgan fingerprint density at radius 3 is 2.73 bits per heavy atom. The van der Waals surface area contributed by atoms with E-state index in [1.165, 1.54) is 12.1 Å². The van der Waals surface area contributed by atoms with Crippen LogP contribution in [-0.4, -0.2) is 33.7 Å². The van der Waals surface area contributed by atoms with Crippen molar-refractivity contribution in [3.05, 3.63) is 59.4 Å². The van der Waals surface area contributed by atoms with E-state index in [4.69, 9.17) is 0 Å². The van der Waals surface area contributed by atoms with Gasteiger partial charge in [-0.05, 0) is 61.6 Å². The minimum Gasteiger partial charge on any atom is -0.406 e. The molecule has 1 saturated heterocycles. The molecule has 30 heavy (non-hydrogen) atoms. The Balaban J connectivity index is 1.40. The van der Waals surface area contributed by atoms with Gasteiger partial charge in [-0.15, -0.1) is 13.2 Å². The van der Waals surface area contributed by atoms with E-state index in [0.717, 1.165) is 40.8 Å². The number of aromatic amines is 1. The van der Waals surface area contributed by atoms with Crippen LogP contribution in [0.5, 0.6) is 5.75 Å². The van der Waals surface area contributed by atoms with E-state index in [1.807, 2.05) is 30.0 Å². The highest BCUT2D eigenvalue weighted by Gasteiger charge is 2.32. The smallest absolute Gasteiger partial charge is 0.406 e. The average molecular weight is 417 g/mol. The second-order valence-electron chi connectivity index (χ2n) is 7.58. The molecule has 2 aromatic carbocycles. The molecular formula is C22H22F3N3O2. The van der Waals surface area contributed by atoms with Gasteiger partial charge in [0.25, 0.3) is 0 Å². The van der Waals surface area contributed by atoms with Crippen LogP contribution in [0.1, 0.15) is 42.3 Å². The summed E-state index contributed by atoms with van der Waals surface area (Å²) >= 11 is 0. The maximum Gasteiger partial charge on any atom is 0.573 e. The third-order valence-corrected chi connectivity index (χ3v) is 5.33. The molecule has 1 fully saturated rings. The zero-order valence-electron chi connectivity index (χ0n) is 16.5. The molecule has 0 radical (unpaired) electrons. The highest BCUT2D eigenvalue weighted by atomic mass is 19.4. The Morgan fingerprint density at radius 2 is 2.00 bits per heavy atom. The number of aromatic nitrogens is 2. The van der Waals surface area contributed by atoms with Gasteiger partial charge in [-0.2, -0.15) is 0 Å². The molecule has 3 aromatic rings. The molecule has 1 aliphatic heterocycles. The standard InChI is InChI=1S/C22H22F3N3O2/c1-14-4-10-17-18(13-14)27-21(26-17)19-3-2-12-28(19)20(29)11-7-15-5-8-16(9-6-15)30-22(23,24)25/h4-6,8-10,13,19H,2-3,7,11-12H2,1H3,(H,26,27). The normalized spacial score (nSPS) is 16.9. The lowest BCUT2D eigenvalue weighted by molar-refractivity contribution is -0.274. The molecule has 1 aliphatic rings. The number of aryl methyl sites for hydroxylation is 2. The molecular weight excluding hydrogens is 395 g/mol. The van der Waals surface area contributed by atoms with E-state index in [2.05, 4.69) is 14.7 Å². The fourth-order valence-corrected chi connectivity index (χ4v) is 3.90. The minimum absolute atomic E-state index is 0.0183. The first kappa shape index (κ1) is 20.3. The topological polar surface area (TPSA) is 58.2 Å². The van der Waals surface area contributed by atoms with E-state index >= 15 is 0 Å². The zero-order chi connectivity index (χ0) is 21.3. The minimum atomic E-state index is -4.71. The Labute approximate surface area is 171 Å². The average Bonchev–Trinajstić information content (AvgIpc) is 3.32. The van der Waals surface area contributed by atoms with Gasteiger partial charge in [0.2, 0.25) is 5.91 Å². The maximum absolute atomic E-state index is 12.8. The molecule has 5 nitrogen and oxygen atoms in total. The van der Waals surface area contributed by atoms with Crippen molar-refractivity contribution in [3.63, 3.8) is 0 Å². The number of nitrogens with zero attached hydrogens (tertiary/aromatic N) is 2. The van der Waals surface area contributed by atoms with Crippen molar-refractivity contribution in [1.29, 1.82) is 0 Å². The molecule has 0 aliphatic carbocycles. The summed E-state index contributed by atoms with van der Waals surface area (Å²) in [5.74, 6) is 0.553. The number of fused-ring (bicyclic) bond motifs is 1. The van der Waals surface area contributed by atoms with Gasteiger partial charge in [-0.3, -0.25) is 4.79 Å². The molecule has 1 unspecified atom stereocenters. The van der Waals surface area contributed by atoms with Crippen LogP contribution >= 0.6 is 0 Å². The van der Waals surface area contributed by atoms with Crippen LogP contribution in [0.3, 0.4) is 0 Å². The number of H-pyrrole nitrogens is 1. The Hall–Kier alpha value is -3.03. The first-order chi connectivity index (χ1) is 14.3. The fourth-order valence-electron chi connectivity index (χ4n) is 3.90. The molecule has 1 amide bonds. The number of carbonyl (C=O) groups is 1. The second-order valence-corrected chi connectivity index (χ2v) is 7.58. The van der Waals surface area contributed by atoms with Crippen molar-refractivity contribution in [2.45, 2.75) is 45.0 Å². The van der Waals surface area contributed by atoms with Crippen LogP contribution < -0.4 is 4.74 Å². The summed E-state index contributed by atoms with van der Waals surface area (Å²) in [6.07, 6.45) is -2.20. The van der Waals surface area contributed by atoms with Gasteiger partial charge in [0, 0.05) is 13.0 Å². The van der Waals surface area contributed by atoms with Gasteiger partial charge in [0.15, 0.2) is 0 Å². The largest absolute Gasteiger partial charge is 0.573 e. The maximum atomic E-state index is 12.8. The van der Waals surface area contributed by atoms with Crippen LogP contribution in [0.15, 0.2) is 42.5 Å². The number of likely N-dealkylation sites (tertiary alicyclic amines) is 1. The molecule has 1 aromatic heterocycles.